The van der Waals surface area contributed by atoms with Crippen molar-refractivity contribution < 1.29 is 9.59 Å². The van der Waals surface area contributed by atoms with Crippen molar-refractivity contribution in [3.8, 4) is 0 Å². The average Bonchev–Trinajstić information content (AvgIpc) is 2.58. The maximum Gasteiger partial charge on any atom is 0.251 e. The van der Waals surface area contributed by atoms with E-state index in [4.69, 9.17) is 5.73 Å². The van der Waals surface area contributed by atoms with Crippen LogP contribution in [0.2, 0.25) is 0 Å². The number of aliphatic imine (C=N–C) groups is 1. The van der Waals surface area contributed by atoms with E-state index in [0.29, 0.717) is 12.1 Å². The number of benzene rings is 1. The summed E-state index contributed by atoms with van der Waals surface area (Å²) in [5.41, 5.74) is 6.53. The first kappa shape index (κ1) is 19.5. The lowest BCUT2D eigenvalue weighted by Gasteiger charge is -2.21. The number of unbranched alkanes of at least 4 members (excludes halogenated alkanes) is 1. The van der Waals surface area contributed by atoms with Gasteiger partial charge in [0.2, 0.25) is 5.91 Å². The normalized spacial score (nSPS) is 11.0. The van der Waals surface area contributed by atoms with Crippen LogP contribution in [-0.4, -0.2) is 49.9 Å². The molecule has 24 heavy (non-hydrogen) atoms. The second-order valence-corrected chi connectivity index (χ2v) is 5.52. The SMILES string of the molecule is CCCCN(C)C(=NC)NCc1ccc(C(=O)NCC(N)=O)cc1. The molecule has 0 radical (unpaired) electrons. The number of carbonyl (C=O) groups excluding carboxylic acids is 2. The topological polar surface area (TPSA) is 99.8 Å². The molecule has 4 N–H and O–H groups in total. The zero-order valence-electron chi connectivity index (χ0n) is 14.6. The third kappa shape index (κ3) is 6.68. The summed E-state index contributed by atoms with van der Waals surface area (Å²) in [5, 5.41) is 5.75. The standard InChI is InChI=1S/C17H27N5O2/c1-4-5-10-22(3)17(19-2)21-11-13-6-8-14(9-7-13)16(24)20-12-15(18)23/h6-9H,4-5,10-12H2,1-3H3,(H2,18,23)(H,19,21)(H,20,24). The number of nitrogens with one attached hydrogen (secondary N) is 2. The molecule has 1 rings (SSSR count). The first-order valence-corrected chi connectivity index (χ1v) is 8.05. The highest BCUT2D eigenvalue weighted by molar-refractivity contribution is 5.96. The molecule has 7 nitrogen and oxygen atoms in total. The highest BCUT2D eigenvalue weighted by Gasteiger charge is 2.07. The van der Waals surface area contributed by atoms with Gasteiger partial charge < -0.3 is 21.3 Å². The van der Waals surface area contributed by atoms with Crippen molar-refractivity contribution in [3.63, 3.8) is 0 Å². The Bertz CT molecular complexity index is 569. The third-order valence-corrected chi connectivity index (χ3v) is 3.51. The smallest absolute Gasteiger partial charge is 0.251 e. The van der Waals surface area contributed by atoms with Crippen molar-refractivity contribution in [2.45, 2.75) is 26.3 Å². The van der Waals surface area contributed by atoms with E-state index >= 15 is 0 Å². The number of hydrogen-bond donors (Lipinski definition) is 3. The van der Waals surface area contributed by atoms with E-state index in [-0.39, 0.29) is 12.5 Å². The number of primary amides is 1. The fraction of sp³-hybridized carbons (Fsp3) is 0.471. The predicted octanol–water partition coefficient (Wildman–Crippen LogP) is 0.709. The van der Waals surface area contributed by atoms with Crippen LogP contribution in [0.15, 0.2) is 29.3 Å². The van der Waals surface area contributed by atoms with Gasteiger partial charge in [0.05, 0.1) is 6.54 Å². The van der Waals surface area contributed by atoms with Crippen LogP contribution >= 0.6 is 0 Å². The Kier molecular flexibility index (Phi) is 8.32. The quantitative estimate of drug-likeness (QED) is 0.482. The summed E-state index contributed by atoms with van der Waals surface area (Å²) in [5.74, 6) is -0.0436. The maximum absolute atomic E-state index is 11.8. The van der Waals surface area contributed by atoms with Gasteiger partial charge in [-0.15, -0.1) is 0 Å². The van der Waals surface area contributed by atoms with Crippen LogP contribution in [0.25, 0.3) is 0 Å². The molecule has 0 aliphatic carbocycles. The zero-order chi connectivity index (χ0) is 17.9. The number of amides is 2. The van der Waals surface area contributed by atoms with Gasteiger partial charge in [0.15, 0.2) is 5.96 Å². The van der Waals surface area contributed by atoms with Crippen LogP contribution in [0.1, 0.15) is 35.7 Å². The molecular weight excluding hydrogens is 306 g/mol. The minimum atomic E-state index is -0.567. The average molecular weight is 333 g/mol. The second kappa shape index (κ2) is 10.3. The van der Waals surface area contributed by atoms with Gasteiger partial charge in [0, 0.05) is 32.7 Å². The van der Waals surface area contributed by atoms with Crippen LogP contribution in [0.5, 0.6) is 0 Å². The molecule has 0 aliphatic rings. The van der Waals surface area contributed by atoms with E-state index in [9.17, 15) is 9.59 Å². The molecule has 0 saturated carbocycles. The van der Waals surface area contributed by atoms with Crippen molar-refractivity contribution in [3.05, 3.63) is 35.4 Å². The van der Waals surface area contributed by atoms with Gasteiger partial charge >= 0.3 is 0 Å². The highest BCUT2D eigenvalue weighted by Crippen LogP contribution is 2.05. The zero-order valence-corrected chi connectivity index (χ0v) is 14.6. The van der Waals surface area contributed by atoms with Crippen molar-refractivity contribution in [2.75, 3.05) is 27.2 Å². The molecule has 0 bridgehead atoms. The lowest BCUT2D eigenvalue weighted by atomic mass is 10.1. The van der Waals surface area contributed by atoms with Crippen molar-refractivity contribution in [1.29, 1.82) is 0 Å². The highest BCUT2D eigenvalue weighted by atomic mass is 16.2. The molecule has 0 heterocycles. The maximum atomic E-state index is 11.8. The molecule has 132 valence electrons. The van der Waals surface area contributed by atoms with E-state index in [0.717, 1.165) is 30.9 Å². The Labute approximate surface area is 143 Å². The summed E-state index contributed by atoms with van der Waals surface area (Å²) in [6.45, 7) is 3.56. The Morgan fingerprint density at radius 2 is 1.88 bits per heavy atom. The molecule has 0 fully saturated rings. The van der Waals surface area contributed by atoms with Gasteiger partial charge in [-0.3, -0.25) is 14.6 Å². The lowest BCUT2D eigenvalue weighted by molar-refractivity contribution is -0.117. The van der Waals surface area contributed by atoms with Gasteiger partial charge in [-0.25, -0.2) is 0 Å². The molecule has 7 heteroatoms. The molecule has 1 aromatic carbocycles. The largest absolute Gasteiger partial charge is 0.368 e. The molecule has 0 unspecified atom stereocenters. The summed E-state index contributed by atoms with van der Waals surface area (Å²) < 4.78 is 0. The summed E-state index contributed by atoms with van der Waals surface area (Å²) in [6.07, 6.45) is 2.26. The summed E-state index contributed by atoms with van der Waals surface area (Å²) >= 11 is 0. The van der Waals surface area contributed by atoms with Crippen LogP contribution in [0, 0.1) is 0 Å². The van der Waals surface area contributed by atoms with Crippen molar-refractivity contribution in [2.24, 2.45) is 10.7 Å². The first-order valence-electron chi connectivity index (χ1n) is 8.05. The summed E-state index contributed by atoms with van der Waals surface area (Å²) in [4.78, 5) is 28.8. The Morgan fingerprint density at radius 3 is 2.42 bits per heavy atom. The Hall–Kier alpha value is -2.57. The van der Waals surface area contributed by atoms with E-state index in [2.05, 4.69) is 27.4 Å². The summed E-state index contributed by atoms with van der Waals surface area (Å²) in [6, 6.07) is 7.17. The predicted molar refractivity (Wildman–Crippen MR) is 95.7 cm³/mol. The van der Waals surface area contributed by atoms with Gasteiger partial charge in [0.1, 0.15) is 0 Å². The Balaban J connectivity index is 2.54. The van der Waals surface area contributed by atoms with Crippen LogP contribution in [0.3, 0.4) is 0 Å². The molecule has 0 saturated heterocycles. The molecule has 0 aliphatic heterocycles. The monoisotopic (exact) mass is 333 g/mol. The van der Waals surface area contributed by atoms with Gasteiger partial charge in [-0.1, -0.05) is 25.5 Å². The second-order valence-electron chi connectivity index (χ2n) is 5.52. The lowest BCUT2D eigenvalue weighted by Crippen LogP contribution is -2.39. The molecule has 1 aromatic rings. The fourth-order valence-corrected chi connectivity index (χ4v) is 2.11. The first-order chi connectivity index (χ1) is 11.5. The van der Waals surface area contributed by atoms with Gasteiger partial charge in [0.25, 0.3) is 5.91 Å². The number of nitrogens with two attached hydrogens (primary N) is 1. The molecule has 0 atom stereocenters. The number of rotatable bonds is 8. The minimum Gasteiger partial charge on any atom is -0.368 e. The van der Waals surface area contributed by atoms with E-state index < -0.39 is 5.91 Å². The van der Waals surface area contributed by atoms with E-state index in [1.54, 1.807) is 19.2 Å². The fourth-order valence-electron chi connectivity index (χ4n) is 2.11. The molecular formula is C17H27N5O2. The van der Waals surface area contributed by atoms with Crippen LogP contribution in [-0.2, 0) is 11.3 Å². The number of hydrogen-bond acceptors (Lipinski definition) is 3. The molecule has 0 aromatic heterocycles. The number of nitrogens with zero attached hydrogens (tertiary/aromatic N) is 2. The van der Waals surface area contributed by atoms with Crippen molar-refractivity contribution in [1.82, 2.24) is 15.5 Å². The van der Waals surface area contributed by atoms with E-state index in [1.165, 1.54) is 0 Å². The third-order valence-electron chi connectivity index (χ3n) is 3.51. The van der Waals surface area contributed by atoms with E-state index in [1.807, 2.05) is 19.2 Å². The van der Waals surface area contributed by atoms with Crippen LogP contribution < -0.4 is 16.4 Å². The number of carbonyl (C=O) groups is 2. The van der Waals surface area contributed by atoms with Gasteiger partial charge in [-0.2, -0.15) is 0 Å². The summed E-state index contributed by atoms with van der Waals surface area (Å²) in [7, 11) is 3.77. The van der Waals surface area contributed by atoms with Crippen LogP contribution in [0.4, 0.5) is 0 Å². The molecule has 2 amide bonds. The minimum absolute atomic E-state index is 0.164. The van der Waals surface area contributed by atoms with Crippen molar-refractivity contribution >= 4 is 17.8 Å². The van der Waals surface area contributed by atoms with Gasteiger partial charge in [-0.05, 0) is 24.1 Å². The Morgan fingerprint density at radius 1 is 1.21 bits per heavy atom. The number of guanidine groups is 1. The molecule has 0 spiro atoms.